The van der Waals surface area contributed by atoms with Crippen molar-refractivity contribution in [2.45, 2.75) is 51.6 Å². The van der Waals surface area contributed by atoms with Gasteiger partial charge >= 0.3 is 12.0 Å². The van der Waals surface area contributed by atoms with Crippen molar-refractivity contribution >= 4 is 17.9 Å². The number of hydrogen-bond acceptors (Lipinski definition) is 3. The standard InChI is InChI=1S/C13H23N3O4/c1-4-8(2)9(15-12(14)20)10(17)16-7-5-6-13(16,3)11(18)19/h8-9H,4-7H2,1-3H3,(H,18,19)(H3,14,15,20). The number of rotatable bonds is 5. The Labute approximate surface area is 118 Å². The van der Waals surface area contributed by atoms with E-state index in [0.29, 0.717) is 25.8 Å². The van der Waals surface area contributed by atoms with E-state index in [4.69, 9.17) is 5.73 Å². The van der Waals surface area contributed by atoms with Crippen molar-refractivity contribution in [2.24, 2.45) is 11.7 Å². The Kier molecular flexibility index (Phi) is 4.97. The van der Waals surface area contributed by atoms with Gasteiger partial charge < -0.3 is 21.1 Å². The van der Waals surface area contributed by atoms with Gasteiger partial charge in [0.25, 0.3) is 0 Å². The van der Waals surface area contributed by atoms with Gasteiger partial charge in [-0.2, -0.15) is 0 Å². The van der Waals surface area contributed by atoms with Crippen LogP contribution in [0.2, 0.25) is 0 Å². The quantitative estimate of drug-likeness (QED) is 0.684. The summed E-state index contributed by atoms with van der Waals surface area (Å²) in [4.78, 5) is 36.4. The van der Waals surface area contributed by atoms with Crippen LogP contribution >= 0.6 is 0 Å². The third kappa shape index (κ3) is 3.02. The van der Waals surface area contributed by atoms with Crippen LogP contribution in [0.25, 0.3) is 0 Å². The number of urea groups is 1. The van der Waals surface area contributed by atoms with Crippen LogP contribution in [-0.2, 0) is 9.59 Å². The van der Waals surface area contributed by atoms with Crippen LogP contribution in [0.1, 0.15) is 40.0 Å². The van der Waals surface area contributed by atoms with Gasteiger partial charge in [-0.15, -0.1) is 0 Å². The molecule has 7 nitrogen and oxygen atoms in total. The third-order valence-electron chi connectivity index (χ3n) is 4.14. The predicted molar refractivity (Wildman–Crippen MR) is 72.9 cm³/mol. The van der Waals surface area contributed by atoms with Crippen molar-refractivity contribution in [3.8, 4) is 0 Å². The van der Waals surface area contributed by atoms with Crippen LogP contribution in [0.3, 0.4) is 0 Å². The zero-order valence-electron chi connectivity index (χ0n) is 12.2. The lowest BCUT2D eigenvalue weighted by molar-refractivity contribution is -0.156. The average molecular weight is 285 g/mol. The molecule has 3 amide bonds. The molecule has 0 bridgehead atoms. The van der Waals surface area contributed by atoms with Crippen LogP contribution in [0.4, 0.5) is 4.79 Å². The maximum absolute atomic E-state index is 12.6. The molecule has 1 saturated heterocycles. The lowest BCUT2D eigenvalue weighted by Gasteiger charge is -2.35. The van der Waals surface area contributed by atoms with Crippen molar-refractivity contribution in [1.82, 2.24) is 10.2 Å². The Hall–Kier alpha value is -1.79. The van der Waals surface area contributed by atoms with Gasteiger partial charge in [-0.05, 0) is 25.7 Å². The molecule has 0 radical (unpaired) electrons. The fraction of sp³-hybridized carbons (Fsp3) is 0.769. The topological polar surface area (TPSA) is 113 Å². The summed E-state index contributed by atoms with van der Waals surface area (Å²) in [5.74, 6) is -1.51. The fourth-order valence-corrected chi connectivity index (χ4v) is 2.54. The summed E-state index contributed by atoms with van der Waals surface area (Å²) in [7, 11) is 0. The Morgan fingerprint density at radius 2 is 2.05 bits per heavy atom. The van der Waals surface area contributed by atoms with Gasteiger partial charge in [0.2, 0.25) is 5.91 Å². The predicted octanol–water partition coefficient (Wildman–Crippen LogP) is 0.535. The smallest absolute Gasteiger partial charge is 0.329 e. The van der Waals surface area contributed by atoms with Crippen molar-refractivity contribution in [1.29, 1.82) is 0 Å². The number of likely N-dealkylation sites (tertiary alicyclic amines) is 1. The minimum atomic E-state index is -1.21. The molecule has 7 heteroatoms. The van der Waals surface area contributed by atoms with Gasteiger partial charge in [0.1, 0.15) is 11.6 Å². The van der Waals surface area contributed by atoms with Crippen LogP contribution in [0.5, 0.6) is 0 Å². The summed E-state index contributed by atoms with van der Waals surface area (Å²) in [6, 6.07) is -1.56. The van der Waals surface area contributed by atoms with E-state index in [1.165, 1.54) is 11.8 Å². The first-order valence-corrected chi connectivity index (χ1v) is 6.85. The van der Waals surface area contributed by atoms with E-state index in [1.807, 2.05) is 13.8 Å². The molecule has 4 N–H and O–H groups in total. The normalized spacial score (nSPS) is 25.1. The lowest BCUT2D eigenvalue weighted by atomic mass is 9.94. The van der Waals surface area contributed by atoms with Crippen LogP contribution in [0, 0.1) is 5.92 Å². The van der Waals surface area contributed by atoms with Gasteiger partial charge in [0.05, 0.1) is 0 Å². The summed E-state index contributed by atoms with van der Waals surface area (Å²) in [5.41, 5.74) is 3.91. The van der Waals surface area contributed by atoms with Gasteiger partial charge in [-0.25, -0.2) is 9.59 Å². The number of carbonyl (C=O) groups is 3. The second-order valence-corrected chi connectivity index (χ2v) is 5.54. The fourth-order valence-electron chi connectivity index (χ4n) is 2.54. The number of aliphatic carboxylic acids is 1. The molecular formula is C13H23N3O4. The number of amides is 3. The molecule has 1 aliphatic rings. The SMILES string of the molecule is CCC(C)C(NC(N)=O)C(=O)N1CCCC1(C)C(=O)O. The Bertz CT molecular complexity index is 412. The Balaban J connectivity index is 2.99. The molecule has 0 spiro atoms. The summed E-state index contributed by atoms with van der Waals surface area (Å²) >= 11 is 0. The molecule has 1 rings (SSSR count). The van der Waals surface area contributed by atoms with Gasteiger partial charge in [-0.3, -0.25) is 4.79 Å². The molecular weight excluding hydrogens is 262 g/mol. The number of hydrogen-bond donors (Lipinski definition) is 3. The molecule has 1 heterocycles. The van der Waals surface area contributed by atoms with Crippen LogP contribution in [-0.4, -0.2) is 46.0 Å². The molecule has 0 aromatic rings. The first kappa shape index (κ1) is 16.3. The zero-order valence-corrected chi connectivity index (χ0v) is 12.2. The minimum absolute atomic E-state index is 0.117. The lowest BCUT2D eigenvalue weighted by Crippen LogP contribution is -2.59. The number of nitrogens with one attached hydrogen (secondary N) is 1. The van der Waals surface area contributed by atoms with Crippen molar-refractivity contribution in [3.05, 3.63) is 0 Å². The molecule has 0 aromatic heterocycles. The summed E-state index contributed by atoms with van der Waals surface area (Å²) in [6.45, 7) is 5.65. The van der Waals surface area contributed by atoms with E-state index in [-0.39, 0.29) is 11.8 Å². The van der Waals surface area contributed by atoms with Crippen molar-refractivity contribution in [2.75, 3.05) is 6.54 Å². The molecule has 114 valence electrons. The second-order valence-electron chi connectivity index (χ2n) is 5.54. The van der Waals surface area contributed by atoms with Gasteiger partial charge in [0, 0.05) is 6.54 Å². The minimum Gasteiger partial charge on any atom is -0.480 e. The molecule has 0 aliphatic carbocycles. The maximum atomic E-state index is 12.6. The molecule has 20 heavy (non-hydrogen) atoms. The maximum Gasteiger partial charge on any atom is 0.329 e. The summed E-state index contributed by atoms with van der Waals surface area (Å²) < 4.78 is 0. The number of carbonyl (C=O) groups excluding carboxylic acids is 2. The number of nitrogens with two attached hydrogens (primary N) is 1. The molecule has 0 aromatic carbocycles. The largest absolute Gasteiger partial charge is 0.480 e. The molecule has 1 fully saturated rings. The van der Waals surface area contributed by atoms with Crippen molar-refractivity contribution in [3.63, 3.8) is 0 Å². The van der Waals surface area contributed by atoms with Gasteiger partial charge in [-0.1, -0.05) is 20.3 Å². The molecule has 3 atom stereocenters. The second kappa shape index (κ2) is 6.11. The third-order valence-corrected chi connectivity index (χ3v) is 4.14. The number of carboxylic acids is 1. The summed E-state index contributed by atoms with van der Waals surface area (Å²) in [6.07, 6.45) is 1.73. The molecule has 1 aliphatic heterocycles. The highest BCUT2D eigenvalue weighted by atomic mass is 16.4. The van der Waals surface area contributed by atoms with E-state index in [1.54, 1.807) is 0 Å². The molecule has 0 saturated carbocycles. The number of nitrogens with zero attached hydrogens (tertiary/aromatic N) is 1. The van der Waals surface area contributed by atoms with E-state index in [9.17, 15) is 19.5 Å². The number of carboxylic acid groups (broad SMARTS) is 1. The van der Waals surface area contributed by atoms with E-state index >= 15 is 0 Å². The van der Waals surface area contributed by atoms with Crippen molar-refractivity contribution < 1.29 is 19.5 Å². The summed E-state index contributed by atoms with van der Waals surface area (Å²) in [5, 5.41) is 11.8. The van der Waals surface area contributed by atoms with Gasteiger partial charge in [0.15, 0.2) is 0 Å². The highest BCUT2D eigenvalue weighted by Gasteiger charge is 2.48. The Morgan fingerprint density at radius 1 is 1.45 bits per heavy atom. The average Bonchev–Trinajstić information content (AvgIpc) is 2.77. The van der Waals surface area contributed by atoms with Crippen LogP contribution in [0.15, 0.2) is 0 Å². The van der Waals surface area contributed by atoms with Crippen LogP contribution < -0.4 is 11.1 Å². The van der Waals surface area contributed by atoms with E-state index in [2.05, 4.69) is 5.32 Å². The molecule has 3 unspecified atom stereocenters. The number of primary amides is 1. The first-order chi connectivity index (χ1) is 9.24. The highest BCUT2D eigenvalue weighted by molar-refractivity contribution is 5.92. The van der Waals surface area contributed by atoms with E-state index < -0.39 is 23.6 Å². The Morgan fingerprint density at radius 3 is 2.50 bits per heavy atom. The van der Waals surface area contributed by atoms with E-state index in [0.717, 1.165) is 0 Å². The first-order valence-electron chi connectivity index (χ1n) is 6.85. The zero-order chi connectivity index (χ0) is 15.5. The monoisotopic (exact) mass is 285 g/mol. The highest BCUT2D eigenvalue weighted by Crippen LogP contribution is 2.30.